The number of anilines is 1. The number of fused-ring (bicyclic) bond motifs is 1. The van der Waals surface area contributed by atoms with Gasteiger partial charge in [0.15, 0.2) is 0 Å². The van der Waals surface area contributed by atoms with Gasteiger partial charge >= 0.3 is 5.97 Å². The van der Waals surface area contributed by atoms with Crippen LogP contribution in [0, 0.1) is 5.92 Å². The SMILES string of the molecule is CCCCOCCOc1ccc(-c2cc3c(c(C(=O)O)c2)N(CC(C)C)CCC=C3)cc1. The Bertz CT molecular complexity index is 918. The maximum atomic E-state index is 12.2. The van der Waals surface area contributed by atoms with Crippen molar-refractivity contribution in [2.75, 3.05) is 37.8 Å². The van der Waals surface area contributed by atoms with Crippen LogP contribution in [0.2, 0.25) is 0 Å². The van der Waals surface area contributed by atoms with Crippen molar-refractivity contribution in [2.24, 2.45) is 5.92 Å². The number of ether oxygens (including phenoxy) is 2. The maximum absolute atomic E-state index is 12.2. The van der Waals surface area contributed by atoms with E-state index in [2.05, 4.69) is 43.9 Å². The first-order valence-corrected chi connectivity index (χ1v) is 11.6. The number of carboxylic acids is 1. The Kier molecular flexibility index (Phi) is 8.74. The number of benzene rings is 2. The van der Waals surface area contributed by atoms with Crippen LogP contribution in [0.5, 0.6) is 5.75 Å². The van der Waals surface area contributed by atoms with Crippen molar-refractivity contribution in [3.05, 3.63) is 53.6 Å². The maximum Gasteiger partial charge on any atom is 0.337 e. The van der Waals surface area contributed by atoms with Crippen molar-refractivity contribution in [1.29, 1.82) is 0 Å². The third-order valence-electron chi connectivity index (χ3n) is 5.46. The van der Waals surface area contributed by atoms with Crippen LogP contribution in [0.1, 0.15) is 56.0 Å². The lowest BCUT2D eigenvalue weighted by atomic mass is 9.96. The first-order chi connectivity index (χ1) is 15.5. The van der Waals surface area contributed by atoms with Crippen LogP contribution in [0.4, 0.5) is 5.69 Å². The quantitative estimate of drug-likeness (QED) is 0.429. The predicted octanol–water partition coefficient (Wildman–Crippen LogP) is 6.13. The Hall–Kier alpha value is -2.79. The van der Waals surface area contributed by atoms with Gasteiger partial charge in [-0.1, -0.05) is 51.5 Å². The molecule has 0 unspecified atom stereocenters. The highest BCUT2D eigenvalue weighted by Crippen LogP contribution is 2.35. The molecule has 1 aliphatic rings. The Morgan fingerprint density at radius 3 is 2.56 bits per heavy atom. The van der Waals surface area contributed by atoms with E-state index in [4.69, 9.17) is 9.47 Å². The molecule has 0 spiro atoms. The van der Waals surface area contributed by atoms with E-state index >= 15 is 0 Å². The highest BCUT2D eigenvalue weighted by molar-refractivity contribution is 5.99. The highest BCUT2D eigenvalue weighted by Gasteiger charge is 2.22. The third kappa shape index (κ3) is 6.36. The van der Waals surface area contributed by atoms with E-state index in [1.165, 1.54) is 0 Å². The summed E-state index contributed by atoms with van der Waals surface area (Å²) in [5.41, 5.74) is 4.00. The van der Waals surface area contributed by atoms with Crippen LogP contribution in [0.3, 0.4) is 0 Å². The molecule has 3 rings (SSSR count). The van der Waals surface area contributed by atoms with Gasteiger partial charge in [0.25, 0.3) is 0 Å². The topological polar surface area (TPSA) is 59.0 Å². The third-order valence-corrected chi connectivity index (χ3v) is 5.46. The normalized spacial score (nSPS) is 13.2. The molecule has 1 heterocycles. The van der Waals surface area contributed by atoms with Gasteiger partial charge in [-0.2, -0.15) is 0 Å². The molecule has 0 saturated carbocycles. The van der Waals surface area contributed by atoms with Gasteiger partial charge in [-0.3, -0.25) is 0 Å². The molecule has 172 valence electrons. The zero-order chi connectivity index (χ0) is 22.9. The van der Waals surface area contributed by atoms with Crippen LogP contribution in [-0.4, -0.2) is 44.0 Å². The Labute approximate surface area is 191 Å². The van der Waals surface area contributed by atoms with Gasteiger partial charge in [0.2, 0.25) is 0 Å². The van der Waals surface area contributed by atoms with Crippen LogP contribution < -0.4 is 9.64 Å². The summed E-state index contributed by atoms with van der Waals surface area (Å²) in [7, 11) is 0. The van der Waals surface area contributed by atoms with Gasteiger partial charge in [0, 0.05) is 19.7 Å². The molecule has 2 aromatic rings. The molecule has 32 heavy (non-hydrogen) atoms. The first kappa shape index (κ1) is 23.9. The molecule has 0 fully saturated rings. The Morgan fingerprint density at radius 1 is 1.09 bits per heavy atom. The number of carboxylic acid groups (broad SMARTS) is 1. The monoisotopic (exact) mass is 437 g/mol. The highest BCUT2D eigenvalue weighted by atomic mass is 16.5. The molecule has 0 aliphatic carbocycles. The zero-order valence-corrected chi connectivity index (χ0v) is 19.5. The van der Waals surface area contributed by atoms with Gasteiger partial charge < -0.3 is 19.5 Å². The summed E-state index contributed by atoms with van der Waals surface area (Å²) in [6.45, 7) is 9.99. The summed E-state index contributed by atoms with van der Waals surface area (Å²) in [5.74, 6) is 0.339. The number of nitrogens with zero attached hydrogens (tertiary/aromatic N) is 1. The van der Waals surface area contributed by atoms with Gasteiger partial charge in [-0.05, 0) is 59.7 Å². The lowest BCUT2D eigenvalue weighted by Crippen LogP contribution is -2.30. The van der Waals surface area contributed by atoms with Crippen molar-refractivity contribution < 1.29 is 19.4 Å². The number of hydrogen-bond donors (Lipinski definition) is 1. The minimum Gasteiger partial charge on any atom is -0.491 e. The van der Waals surface area contributed by atoms with E-state index in [-0.39, 0.29) is 0 Å². The van der Waals surface area contributed by atoms with Gasteiger partial charge in [-0.25, -0.2) is 4.79 Å². The molecule has 0 radical (unpaired) electrons. The Morgan fingerprint density at radius 2 is 1.88 bits per heavy atom. The van der Waals surface area contributed by atoms with Crippen LogP contribution in [0.15, 0.2) is 42.5 Å². The summed E-state index contributed by atoms with van der Waals surface area (Å²) < 4.78 is 11.3. The zero-order valence-electron chi connectivity index (χ0n) is 19.5. The van der Waals surface area contributed by atoms with Crippen molar-refractivity contribution in [2.45, 2.75) is 40.0 Å². The molecule has 2 aromatic carbocycles. The average molecular weight is 438 g/mol. The summed E-state index contributed by atoms with van der Waals surface area (Å²) in [6.07, 6.45) is 7.29. The smallest absolute Gasteiger partial charge is 0.337 e. The standard InChI is InChI=1S/C27H35NO4/c1-4-5-14-31-15-16-32-24-11-9-21(10-12-24)23-17-22-8-6-7-13-28(19-20(2)3)26(22)25(18-23)27(29)30/h6,8-12,17-18,20H,4-5,7,13-16,19H2,1-3H3,(H,29,30). The number of aromatic carboxylic acids is 1. The fourth-order valence-corrected chi connectivity index (χ4v) is 3.95. The first-order valence-electron chi connectivity index (χ1n) is 11.6. The van der Waals surface area contributed by atoms with Crippen molar-refractivity contribution in [1.82, 2.24) is 0 Å². The summed E-state index contributed by atoms with van der Waals surface area (Å²) in [5, 5.41) is 9.99. The molecular weight excluding hydrogens is 402 g/mol. The fourth-order valence-electron chi connectivity index (χ4n) is 3.95. The lowest BCUT2D eigenvalue weighted by molar-refractivity contribution is 0.0697. The van der Waals surface area contributed by atoms with E-state index in [0.717, 1.165) is 67.1 Å². The molecule has 0 saturated heterocycles. The molecule has 1 aliphatic heterocycles. The minimum absolute atomic E-state index is 0.356. The fraction of sp³-hybridized carbons (Fsp3) is 0.444. The van der Waals surface area contributed by atoms with Crippen molar-refractivity contribution in [3.8, 4) is 16.9 Å². The minimum atomic E-state index is -0.893. The van der Waals surface area contributed by atoms with Gasteiger partial charge in [0.05, 0.1) is 17.9 Å². The average Bonchev–Trinajstić information content (AvgIpc) is 2.97. The Balaban J connectivity index is 1.80. The van der Waals surface area contributed by atoms with Gasteiger partial charge in [0.1, 0.15) is 12.4 Å². The number of unbranched alkanes of at least 4 members (excludes halogenated alkanes) is 1. The van der Waals surface area contributed by atoms with Crippen LogP contribution in [-0.2, 0) is 4.74 Å². The number of hydrogen-bond acceptors (Lipinski definition) is 4. The van der Waals surface area contributed by atoms with E-state index in [1.54, 1.807) is 6.07 Å². The molecule has 0 aromatic heterocycles. The second-order valence-electron chi connectivity index (χ2n) is 8.64. The van der Waals surface area contributed by atoms with Gasteiger partial charge in [-0.15, -0.1) is 0 Å². The molecule has 0 atom stereocenters. The predicted molar refractivity (Wildman–Crippen MR) is 131 cm³/mol. The number of rotatable bonds is 11. The molecule has 1 N–H and O–H groups in total. The largest absolute Gasteiger partial charge is 0.491 e. The molecule has 0 bridgehead atoms. The van der Waals surface area contributed by atoms with Crippen molar-refractivity contribution >= 4 is 17.7 Å². The van der Waals surface area contributed by atoms with E-state index < -0.39 is 5.97 Å². The van der Waals surface area contributed by atoms with E-state index in [9.17, 15) is 9.90 Å². The molecule has 5 nitrogen and oxygen atoms in total. The van der Waals surface area contributed by atoms with E-state index in [1.807, 2.05) is 24.3 Å². The molecule has 0 amide bonds. The molecular formula is C27H35NO4. The van der Waals surface area contributed by atoms with E-state index in [0.29, 0.717) is 24.7 Å². The second kappa shape index (κ2) is 11.7. The molecule has 5 heteroatoms. The lowest BCUT2D eigenvalue weighted by Gasteiger charge is -2.28. The summed E-state index contributed by atoms with van der Waals surface area (Å²) in [6, 6.07) is 11.7. The number of carbonyl (C=O) groups is 1. The summed E-state index contributed by atoms with van der Waals surface area (Å²) >= 11 is 0. The van der Waals surface area contributed by atoms with Crippen LogP contribution >= 0.6 is 0 Å². The second-order valence-corrected chi connectivity index (χ2v) is 8.64. The van der Waals surface area contributed by atoms with Crippen molar-refractivity contribution in [3.63, 3.8) is 0 Å². The summed E-state index contributed by atoms with van der Waals surface area (Å²) in [4.78, 5) is 14.4. The van der Waals surface area contributed by atoms with Crippen LogP contribution in [0.25, 0.3) is 17.2 Å².